The summed E-state index contributed by atoms with van der Waals surface area (Å²) in [5, 5.41) is 0.542. The molecule has 1 aliphatic heterocycles. The van der Waals surface area contributed by atoms with Crippen LogP contribution in [0.3, 0.4) is 0 Å². The molecule has 0 bridgehead atoms. The molecular formula is C23H12F2O3. The fraction of sp³-hybridized carbons (Fsp3) is 0. The molecule has 0 atom stereocenters. The van der Waals surface area contributed by atoms with Gasteiger partial charge in [-0.05, 0) is 24.3 Å². The fourth-order valence-electron chi connectivity index (χ4n) is 3.53. The highest BCUT2D eigenvalue weighted by Crippen LogP contribution is 2.45. The first-order valence-corrected chi connectivity index (χ1v) is 8.62. The second-order valence-electron chi connectivity index (χ2n) is 6.37. The zero-order valence-electron chi connectivity index (χ0n) is 14.4. The van der Waals surface area contributed by atoms with Gasteiger partial charge in [0.1, 0.15) is 28.7 Å². The SMILES string of the molecule is O=c1cc2c3c(cccc3o1)C(c1ccccc1F)=C(c1ccccc1F)O2. The zero-order chi connectivity index (χ0) is 19.3. The largest absolute Gasteiger partial charge is 0.455 e. The minimum absolute atomic E-state index is 0.147. The first kappa shape index (κ1) is 16.4. The van der Waals surface area contributed by atoms with E-state index in [2.05, 4.69) is 0 Å². The van der Waals surface area contributed by atoms with Crippen molar-refractivity contribution in [3.8, 4) is 5.75 Å². The summed E-state index contributed by atoms with van der Waals surface area (Å²) in [6.07, 6.45) is 0. The van der Waals surface area contributed by atoms with Gasteiger partial charge >= 0.3 is 5.63 Å². The van der Waals surface area contributed by atoms with Gasteiger partial charge in [-0.25, -0.2) is 13.6 Å². The fourth-order valence-corrected chi connectivity index (χ4v) is 3.53. The number of rotatable bonds is 2. The van der Waals surface area contributed by atoms with Gasteiger partial charge in [0, 0.05) is 16.7 Å². The van der Waals surface area contributed by atoms with Crippen molar-refractivity contribution in [1.82, 2.24) is 0 Å². The summed E-state index contributed by atoms with van der Waals surface area (Å²) in [5.74, 6) is -0.577. The predicted molar refractivity (Wildman–Crippen MR) is 102 cm³/mol. The normalized spacial score (nSPS) is 12.9. The van der Waals surface area contributed by atoms with Gasteiger partial charge in [-0.15, -0.1) is 0 Å². The molecule has 0 unspecified atom stereocenters. The Bertz CT molecular complexity index is 1340. The van der Waals surface area contributed by atoms with E-state index in [9.17, 15) is 13.6 Å². The lowest BCUT2D eigenvalue weighted by atomic mass is 9.89. The molecule has 0 fully saturated rings. The molecule has 0 saturated carbocycles. The van der Waals surface area contributed by atoms with Gasteiger partial charge in [-0.1, -0.05) is 42.5 Å². The van der Waals surface area contributed by atoms with Gasteiger partial charge in [0.05, 0.1) is 17.0 Å². The third kappa shape index (κ3) is 2.44. The maximum Gasteiger partial charge on any atom is 0.339 e. The molecule has 3 nitrogen and oxygen atoms in total. The first-order valence-electron chi connectivity index (χ1n) is 8.62. The van der Waals surface area contributed by atoms with Crippen LogP contribution in [0.2, 0.25) is 0 Å². The van der Waals surface area contributed by atoms with E-state index in [1.807, 2.05) is 0 Å². The zero-order valence-corrected chi connectivity index (χ0v) is 14.4. The standard InChI is InChI=1S/C23H12F2O3/c24-16-9-3-1-6-13(16)21-15-8-5-11-18-22(15)19(12-20(26)27-18)28-23(21)14-7-2-4-10-17(14)25/h1-12H. The lowest BCUT2D eigenvalue weighted by Gasteiger charge is -2.24. The van der Waals surface area contributed by atoms with E-state index in [0.717, 1.165) is 0 Å². The van der Waals surface area contributed by atoms with Crippen LogP contribution >= 0.6 is 0 Å². The molecule has 5 rings (SSSR count). The molecule has 0 aliphatic carbocycles. The number of hydrogen-bond donors (Lipinski definition) is 0. The van der Waals surface area contributed by atoms with Crippen LogP contribution in [-0.4, -0.2) is 0 Å². The van der Waals surface area contributed by atoms with E-state index >= 15 is 0 Å². The Morgan fingerprint density at radius 1 is 0.714 bits per heavy atom. The summed E-state index contributed by atoms with van der Waals surface area (Å²) in [7, 11) is 0. The molecule has 0 spiro atoms. The smallest absolute Gasteiger partial charge is 0.339 e. The lowest BCUT2D eigenvalue weighted by Crippen LogP contribution is -2.11. The van der Waals surface area contributed by atoms with Crippen LogP contribution in [0.15, 0.2) is 82.0 Å². The van der Waals surface area contributed by atoms with E-state index in [0.29, 0.717) is 22.1 Å². The second-order valence-corrected chi connectivity index (χ2v) is 6.37. The van der Waals surface area contributed by atoms with Gasteiger partial charge in [0.15, 0.2) is 0 Å². The molecule has 2 heterocycles. The quantitative estimate of drug-likeness (QED) is 0.442. The van der Waals surface area contributed by atoms with Crippen molar-refractivity contribution < 1.29 is 17.9 Å². The summed E-state index contributed by atoms with van der Waals surface area (Å²) >= 11 is 0. The number of ether oxygens (including phenoxy) is 1. The van der Waals surface area contributed by atoms with Crippen LogP contribution in [0.4, 0.5) is 8.78 Å². The summed E-state index contributed by atoms with van der Waals surface area (Å²) in [6, 6.07) is 18.7. The molecule has 0 amide bonds. The van der Waals surface area contributed by atoms with Crippen LogP contribution in [0.25, 0.3) is 22.3 Å². The van der Waals surface area contributed by atoms with Crippen molar-refractivity contribution >= 4 is 22.3 Å². The third-order valence-electron chi connectivity index (χ3n) is 4.70. The van der Waals surface area contributed by atoms with Crippen molar-refractivity contribution in [1.29, 1.82) is 0 Å². The van der Waals surface area contributed by atoms with Crippen molar-refractivity contribution in [2.24, 2.45) is 0 Å². The highest BCUT2D eigenvalue weighted by Gasteiger charge is 2.28. The van der Waals surface area contributed by atoms with Crippen molar-refractivity contribution in [2.45, 2.75) is 0 Å². The minimum atomic E-state index is -0.582. The van der Waals surface area contributed by atoms with Crippen LogP contribution in [0, 0.1) is 11.6 Å². The summed E-state index contributed by atoms with van der Waals surface area (Å²) in [4.78, 5) is 11.9. The van der Waals surface area contributed by atoms with E-state index in [-0.39, 0.29) is 22.6 Å². The van der Waals surface area contributed by atoms with Crippen molar-refractivity contribution in [2.75, 3.05) is 0 Å². The average Bonchev–Trinajstić information content (AvgIpc) is 2.69. The Kier molecular flexibility index (Phi) is 3.62. The summed E-state index contributed by atoms with van der Waals surface area (Å²) in [5.41, 5.74) is 1.19. The van der Waals surface area contributed by atoms with Gasteiger partial charge in [0.2, 0.25) is 0 Å². The van der Waals surface area contributed by atoms with Crippen LogP contribution in [0.5, 0.6) is 5.75 Å². The van der Waals surface area contributed by atoms with E-state index in [1.165, 1.54) is 18.2 Å². The Morgan fingerprint density at radius 2 is 1.36 bits per heavy atom. The molecule has 1 aliphatic rings. The van der Waals surface area contributed by atoms with Crippen molar-refractivity contribution in [3.63, 3.8) is 0 Å². The predicted octanol–water partition coefficient (Wildman–Crippen LogP) is 5.38. The van der Waals surface area contributed by atoms with Gasteiger partial charge < -0.3 is 9.15 Å². The molecule has 0 saturated heterocycles. The van der Waals surface area contributed by atoms with Gasteiger partial charge in [-0.2, -0.15) is 0 Å². The van der Waals surface area contributed by atoms with Gasteiger partial charge in [-0.3, -0.25) is 0 Å². The molecule has 0 radical (unpaired) electrons. The maximum absolute atomic E-state index is 14.7. The number of hydrogen-bond acceptors (Lipinski definition) is 3. The molecule has 136 valence electrons. The Balaban J connectivity index is 1.94. The Labute approximate surface area is 158 Å². The highest BCUT2D eigenvalue weighted by molar-refractivity contribution is 6.08. The Hall–Kier alpha value is -3.73. The third-order valence-corrected chi connectivity index (χ3v) is 4.70. The number of benzene rings is 3. The van der Waals surface area contributed by atoms with E-state index in [4.69, 9.17) is 9.15 Å². The van der Waals surface area contributed by atoms with E-state index in [1.54, 1.807) is 54.6 Å². The molecular weight excluding hydrogens is 362 g/mol. The topological polar surface area (TPSA) is 39.4 Å². The average molecular weight is 374 g/mol. The molecule has 0 N–H and O–H groups in total. The highest BCUT2D eigenvalue weighted by atomic mass is 19.1. The van der Waals surface area contributed by atoms with Crippen LogP contribution < -0.4 is 10.4 Å². The number of halogens is 2. The second kappa shape index (κ2) is 6.16. The molecule has 4 aromatic rings. The molecule has 1 aromatic heterocycles. The van der Waals surface area contributed by atoms with E-state index < -0.39 is 17.3 Å². The monoisotopic (exact) mass is 374 g/mol. The van der Waals surface area contributed by atoms with Crippen LogP contribution in [0.1, 0.15) is 16.7 Å². The first-order chi connectivity index (χ1) is 13.6. The van der Waals surface area contributed by atoms with Crippen LogP contribution in [-0.2, 0) is 0 Å². The maximum atomic E-state index is 14.7. The van der Waals surface area contributed by atoms with Crippen molar-refractivity contribution in [3.05, 3.63) is 112 Å². The summed E-state index contributed by atoms with van der Waals surface area (Å²) in [6.45, 7) is 0. The Morgan fingerprint density at radius 3 is 2.07 bits per heavy atom. The summed E-state index contributed by atoms with van der Waals surface area (Å²) < 4.78 is 40.6. The molecule has 28 heavy (non-hydrogen) atoms. The minimum Gasteiger partial charge on any atom is -0.455 e. The molecule has 3 aromatic carbocycles. The lowest BCUT2D eigenvalue weighted by molar-refractivity contribution is 0.492. The molecule has 5 heteroatoms. The van der Waals surface area contributed by atoms with Gasteiger partial charge in [0.25, 0.3) is 0 Å².